The summed E-state index contributed by atoms with van der Waals surface area (Å²) in [5.74, 6) is -0.0722. The number of piperazine rings is 1. The van der Waals surface area contributed by atoms with Crippen LogP contribution in [0.2, 0.25) is 5.02 Å². The Kier molecular flexibility index (Phi) is 4.24. The number of carbonyl (C=O) groups excluding carboxylic acids is 1. The lowest BCUT2D eigenvalue weighted by molar-refractivity contribution is 0.0741. The molecule has 0 N–H and O–H groups in total. The standard InChI is InChI=1S/C19H17ClN4O/c20-14-5-1-4-8-18(14)23-9-11-24(12-10-23)19(25)17-13-21-15-6-2-3-7-16(15)22-17/h1-8,13H,9-12H2. The van der Waals surface area contributed by atoms with E-state index in [4.69, 9.17) is 11.6 Å². The average Bonchev–Trinajstić information content (AvgIpc) is 2.67. The van der Waals surface area contributed by atoms with Crippen molar-refractivity contribution in [1.29, 1.82) is 0 Å². The van der Waals surface area contributed by atoms with Crippen LogP contribution in [-0.2, 0) is 0 Å². The summed E-state index contributed by atoms with van der Waals surface area (Å²) in [7, 11) is 0. The van der Waals surface area contributed by atoms with Crippen molar-refractivity contribution in [3.8, 4) is 0 Å². The van der Waals surface area contributed by atoms with Crippen LogP contribution in [0.4, 0.5) is 5.69 Å². The van der Waals surface area contributed by atoms with Crippen molar-refractivity contribution in [2.45, 2.75) is 0 Å². The molecule has 1 saturated heterocycles. The van der Waals surface area contributed by atoms with Gasteiger partial charge in [-0.2, -0.15) is 0 Å². The molecule has 4 rings (SSSR count). The molecule has 25 heavy (non-hydrogen) atoms. The average molecular weight is 353 g/mol. The number of benzene rings is 2. The van der Waals surface area contributed by atoms with Crippen LogP contribution in [0.1, 0.15) is 10.5 Å². The van der Waals surface area contributed by atoms with E-state index in [1.54, 1.807) is 6.20 Å². The molecule has 0 radical (unpaired) electrons. The zero-order valence-corrected chi connectivity index (χ0v) is 14.4. The van der Waals surface area contributed by atoms with E-state index in [0.29, 0.717) is 18.8 Å². The van der Waals surface area contributed by atoms with E-state index in [2.05, 4.69) is 14.9 Å². The number of amides is 1. The molecule has 1 aliphatic rings. The maximum atomic E-state index is 12.7. The molecular formula is C19H17ClN4O. The Labute approximate surface area is 150 Å². The van der Waals surface area contributed by atoms with E-state index >= 15 is 0 Å². The van der Waals surface area contributed by atoms with Crippen LogP contribution in [0.5, 0.6) is 0 Å². The molecule has 5 nitrogen and oxygen atoms in total. The van der Waals surface area contributed by atoms with Gasteiger partial charge in [-0.1, -0.05) is 35.9 Å². The molecule has 0 spiro atoms. The second-order valence-electron chi connectivity index (χ2n) is 5.97. The van der Waals surface area contributed by atoms with Gasteiger partial charge in [0.1, 0.15) is 5.69 Å². The highest BCUT2D eigenvalue weighted by molar-refractivity contribution is 6.33. The summed E-state index contributed by atoms with van der Waals surface area (Å²) in [6, 6.07) is 15.4. The Hall–Kier alpha value is -2.66. The fourth-order valence-corrected chi connectivity index (χ4v) is 3.34. The van der Waals surface area contributed by atoms with E-state index in [0.717, 1.165) is 34.8 Å². The van der Waals surface area contributed by atoms with E-state index < -0.39 is 0 Å². The number of anilines is 1. The number of aromatic nitrogens is 2. The van der Waals surface area contributed by atoms with Crippen LogP contribution in [-0.4, -0.2) is 47.0 Å². The van der Waals surface area contributed by atoms with Crippen molar-refractivity contribution >= 4 is 34.2 Å². The van der Waals surface area contributed by atoms with Gasteiger partial charge < -0.3 is 9.80 Å². The number of halogens is 1. The zero-order valence-electron chi connectivity index (χ0n) is 13.6. The van der Waals surface area contributed by atoms with Gasteiger partial charge in [0.2, 0.25) is 0 Å². The minimum Gasteiger partial charge on any atom is -0.367 e. The highest BCUT2D eigenvalue weighted by atomic mass is 35.5. The minimum atomic E-state index is -0.0722. The molecule has 0 bridgehead atoms. The molecule has 0 saturated carbocycles. The largest absolute Gasteiger partial charge is 0.367 e. The summed E-state index contributed by atoms with van der Waals surface area (Å²) in [5, 5.41) is 0.739. The lowest BCUT2D eigenvalue weighted by Gasteiger charge is -2.36. The molecule has 2 heterocycles. The lowest BCUT2D eigenvalue weighted by atomic mass is 10.2. The topological polar surface area (TPSA) is 49.3 Å². The fourth-order valence-electron chi connectivity index (χ4n) is 3.08. The minimum absolute atomic E-state index is 0.0722. The molecule has 2 aromatic carbocycles. The van der Waals surface area contributed by atoms with E-state index in [1.165, 1.54) is 0 Å². The predicted octanol–water partition coefficient (Wildman–Crippen LogP) is 3.25. The second-order valence-corrected chi connectivity index (χ2v) is 6.38. The Morgan fingerprint density at radius 3 is 2.36 bits per heavy atom. The van der Waals surface area contributed by atoms with E-state index in [-0.39, 0.29) is 5.91 Å². The number of nitrogens with zero attached hydrogens (tertiary/aromatic N) is 4. The first kappa shape index (κ1) is 15.8. The Bertz CT molecular complexity index is 922. The van der Waals surface area contributed by atoms with Gasteiger partial charge in [0.15, 0.2) is 0 Å². The van der Waals surface area contributed by atoms with Crippen molar-refractivity contribution in [3.05, 3.63) is 65.4 Å². The van der Waals surface area contributed by atoms with Gasteiger partial charge in [-0.15, -0.1) is 0 Å². The first-order chi connectivity index (χ1) is 12.2. The van der Waals surface area contributed by atoms with Crippen LogP contribution in [0, 0.1) is 0 Å². The third kappa shape index (κ3) is 3.15. The molecule has 1 fully saturated rings. The lowest BCUT2D eigenvalue weighted by Crippen LogP contribution is -2.49. The molecule has 1 aliphatic heterocycles. The SMILES string of the molecule is O=C(c1cnc2ccccc2n1)N1CCN(c2ccccc2Cl)CC1. The van der Waals surface area contributed by atoms with Crippen LogP contribution >= 0.6 is 11.6 Å². The van der Waals surface area contributed by atoms with Gasteiger partial charge in [0.25, 0.3) is 5.91 Å². The van der Waals surface area contributed by atoms with Crippen molar-refractivity contribution < 1.29 is 4.79 Å². The van der Waals surface area contributed by atoms with Crippen molar-refractivity contribution in [1.82, 2.24) is 14.9 Å². The summed E-state index contributed by atoms with van der Waals surface area (Å²) in [6.45, 7) is 2.77. The predicted molar refractivity (Wildman–Crippen MR) is 99.1 cm³/mol. The monoisotopic (exact) mass is 352 g/mol. The molecule has 1 aromatic heterocycles. The number of para-hydroxylation sites is 3. The summed E-state index contributed by atoms with van der Waals surface area (Å²) in [5.41, 5.74) is 2.94. The zero-order chi connectivity index (χ0) is 17.2. The first-order valence-corrected chi connectivity index (χ1v) is 8.61. The first-order valence-electron chi connectivity index (χ1n) is 8.23. The highest BCUT2D eigenvalue weighted by Gasteiger charge is 2.24. The molecule has 126 valence electrons. The molecule has 1 amide bonds. The quantitative estimate of drug-likeness (QED) is 0.710. The van der Waals surface area contributed by atoms with Crippen LogP contribution in [0.3, 0.4) is 0 Å². The third-order valence-electron chi connectivity index (χ3n) is 4.43. The van der Waals surface area contributed by atoms with Gasteiger partial charge in [-0.05, 0) is 24.3 Å². The number of carbonyl (C=O) groups is 1. The van der Waals surface area contributed by atoms with Crippen molar-refractivity contribution in [3.63, 3.8) is 0 Å². The maximum Gasteiger partial charge on any atom is 0.274 e. The number of fused-ring (bicyclic) bond motifs is 1. The normalized spacial score (nSPS) is 14.8. The third-order valence-corrected chi connectivity index (χ3v) is 4.75. The summed E-state index contributed by atoms with van der Waals surface area (Å²) in [4.78, 5) is 25.6. The van der Waals surface area contributed by atoms with Gasteiger partial charge in [-0.25, -0.2) is 4.98 Å². The Morgan fingerprint density at radius 1 is 0.920 bits per heavy atom. The molecule has 3 aromatic rings. The number of rotatable bonds is 2. The Morgan fingerprint density at radius 2 is 1.60 bits per heavy atom. The molecule has 0 atom stereocenters. The smallest absolute Gasteiger partial charge is 0.274 e. The summed E-state index contributed by atoms with van der Waals surface area (Å²) < 4.78 is 0. The van der Waals surface area contributed by atoms with E-state index in [1.807, 2.05) is 53.4 Å². The van der Waals surface area contributed by atoms with Crippen LogP contribution < -0.4 is 4.90 Å². The van der Waals surface area contributed by atoms with Gasteiger partial charge >= 0.3 is 0 Å². The number of hydrogen-bond donors (Lipinski definition) is 0. The highest BCUT2D eigenvalue weighted by Crippen LogP contribution is 2.26. The van der Waals surface area contributed by atoms with E-state index in [9.17, 15) is 4.79 Å². The molecule has 0 unspecified atom stereocenters. The molecule has 6 heteroatoms. The van der Waals surface area contributed by atoms with Gasteiger partial charge in [0, 0.05) is 26.2 Å². The van der Waals surface area contributed by atoms with Crippen LogP contribution in [0.15, 0.2) is 54.7 Å². The second kappa shape index (κ2) is 6.69. The van der Waals surface area contributed by atoms with Gasteiger partial charge in [0.05, 0.1) is 27.9 Å². The molecular weight excluding hydrogens is 336 g/mol. The number of hydrogen-bond acceptors (Lipinski definition) is 4. The Balaban J connectivity index is 1.48. The summed E-state index contributed by atoms with van der Waals surface area (Å²) >= 11 is 6.27. The fraction of sp³-hybridized carbons (Fsp3) is 0.211. The summed E-state index contributed by atoms with van der Waals surface area (Å²) in [6.07, 6.45) is 1.56. The van der Waals surface area contributed by atoms with Crippen molar-refractivity contribution in [2.24, 2.45) is 0 Å². The molecule has 0 aliphatic carbocycles. The maximum absolute atomic E-state index is 12.7. The van der Waals surface area contributed by atoms with Gasteiger partial charge in [-0.3, -0.25) is 9.78 Å². The van der Waals surface area contributed by atoms with Crippen LogP contribution in [0.25, 0.3) is 11.0 Å². The van der Waals surface area contributed by atoms with Crippen molar-refractivity contribution in [2.75, 3.05) is 31.1 Å².